The Morgan fingerprint density at radius 1 is 1.17 bits per heavy atom. The fraction of sp³-hybridized carbons (Fsp3) is 0.429. The molecule has 0 saturated carbocycles. The van der Waals surface area contributed by atoms with Gasteiger partial charge in [-0.15, -0.1) is 0 Å². The van der Waals surface area contributed by atoms with Gasteiger partial charge in [-0.2, -0.15) is 4.98 Å². The summed E-state index contributed by atoms with van der Waals surface area (Å²) in [6.07, 6.45) is 0. The van der Waals surface area contributed by atoms with Crippen molar-refractivity contribution in [3.8, 4) is 0 Å². The number of fused-ring (bicyclic) bond motifs is 1. The summed E-state index contributed by atoms with van der Waals surface area (Å²) in [6, 6.07) is 8.17. The van der Waals surface area contributed by atoms with Crippen LogP contribution in [0.1, 0.15) is 27.7 Å². The second-order valence-electron chi connectivity index (χ2n) is 5.68. The molecule has 2 rings (SSSR count). The van der Waals surface area contributed by atoms with E-state index in [0.717, 1.165) is 16.7 Å². The van der Waals surface area contributed by atoms with E-state index in [-0.39, 0.29) is 11.5 Å². The lowest BCUT2D eigenvalue weighted by Gasteiger charge is -2.28. The van der Waals surface area contributed by atoms with E-state index in [1.165, 1.54) is 0 Å². The van der Waals surface area contributed by atoms with Crippen LogP contribution in [-0.2, 0) is 0 Å². The third-order valence-corrected chi connectivity index (χ3v) is 3.27. The number of nitrogens with zero attached hydrogens (tertiary/aromatic N) is 2. The van der Waals surface area contributed by atoms with E-state index in [9.17, 15) is 0 Å². The van der Waals surface area contributed by atoms with Crippen molar-refractivity contribution >= 4 is 22.7 Å². The maximum atomic E-state index is 5.75. The topological polar surface area (TPSA) is 63.8 Å². The van der Waals surface area contributed by atoms with Crippen LogP contribution in [0.5, 0.6) is 0 Å². The molecule has 0 aliphatic carbocycles. The van der Waals surface area contributed by atoms with Crippen LogP contribution < -0.4 is 11.1 Å². The van der Waals surface area contributed by atoms with E-state index in [0.29, 0.717) is 5.95 Å². The van der Waals surface area contributed by atoms with Gasteiger partial charge in [-0.3, -0.25) is 0 Å². The highest BCUT2D eigenvalue weighted by Crippen LogP contribution is 2.26. The van der Waals surface area contributed by atoms with E-state index >= 15 is 0 Å². The lowest BCUT2D eigenvalue weighted by Crippen LogP contribution is -2.31. The number of benzene rings is 1. The first-order valence-electron chi connectivity index (χ1n) is 6.17. The Bertz CT molecular complexity index is 557. The number of para-hydroxylation sites is 1. The molecule has 4 nitrogen and oxygen atoms in total. The Kier molecular flexibility index (Phi) is 3.11. The van der Waals surface area contributed by atoms with Gasteiger partial charge in [-0.25, -0.2) is 4.98 Å². The number of hydrogen-bond acceptors (Lipinski definition) is 4. The molecular weight excluding hydrogens is 224 g/mol. The van der Waals surface area contributed by atoms with Gasteiger partial charge < -0.3 is 11.1 Å². The molecular formula is C14H20N4. The number of nitrogens with two attached hydrogens (primary N) is 1. The van der Waals surface area contributed by atoms with Gasteiger partial charge in [0.15, 0.2) is 0 Å². The fourth-order valence-electron chi connectivity index (χ4n) is 1.63. The molecule has 3 N–H and O–H groups in total. The highest BCUT2D eigenvalue weighted by Gasteiger charge is 2.21. The average Bonchev–Trinajstić information content (AvgIpc) is 2.27. The van der Waals surface area contributed by atoms with Gasteiger partial charge in [0.05, 0.1) is 5.52 Å². The molecule has 1 aromatic heterocycles. The van der Waals surface area contributed by atoms with Crippen molar-refractivity contribution in [2.75, 3.05) is 11.1 Å². The Morgan fingerprint density at radius 2 is 1.83 bits per heavy atom. The van der Waals surface area contributed by atoms with E-state index in [1.54, 1.807) is 0 Å². The van der Waals surface area contributed by atoms with Gasteiger partial charge in [-0.1, -0.05) is 32.9 Å². The van der Waals surface area contributed by atoms with Crippen molar-refractivity contribution in [3.63, 3.8) is 0 Å². The molecule has 0 aliphatic rings. The predicted octanol–water partition coefficient (Wildman–Crippen LogP) is 3.06. The van der Waals surface area contributed by atoms with E-state index < -0.39 is 0 Å². The van der Waals surface area contributed by atoms with Gasteiger partial charge in [-0.05, 0) is 24.5 Å². The summed E-state index contributed by atoms with van der Waals surface area (Å²) in [7, 11) is 0. The SMILES string of the molecule is CC(Nc1nc(N)nc2ccccc12)C(C)(C)C. The van der Waals surface area contributed by atoms with Crippen LogP contribution in [0.2, 0.25) is 0 Å². The van der Waals surface area contributed by atoms with Crippen molar-refractivity contribution in [1.82, 2.24) is 9.97 Å². The molecule has 0 saturated heterocycles. The van der Waals surface area contributed by atoms with Gasteiger partial charge >= 0.3 is 0 Å². The van der Waals surface area contributed by atoms with Crippen molar-refractivity contribution in [1.29, 1.82) is 0 Å². The predicted molar refractivity (Wildman–Crippen MR) is 76.5 cm³/mol. The van der Waals surface area contributed by atoms with Gasteiger partial charge in [0.25, 0.3) is 0 Å². The molecule has 1 unspecified atom stereocenters. The van der Waals surface area contributed by atoms with Crippen LogP contribution in [0.25, 0.3) is 10.9 Å². The van der Waals surface area contributed by atoms with Crippen LogP contribution in [0.15, 0.2) is 24.3 Å². The zero-order valence-corrected chi connectivity index (χ0v) is 11.4. The first-order chi connectivity index (χ1) is 8.38. The van der Waals surface area contributed by atoms with Gasteiger partial charge in [0, 0.05) is 11.4 Å². The third kappa shape index (κ3) is 2.53. The van der Waals surface area contributed by atoms with E-state index in [1.807, 2.05) is 24.3 Å². The Labute approximate surface area is 108 Å². The zero-order chi connectivity index (χ0) is 13.3. The fourth-order valence-corrected chi connectivity index (χ4v) is 1.63. The van der Waals surface area contributed by atoms with Crippen LogP contribution in [-0.4, -0.2) is 16.0 Å². The first kappa shape index (κ1) is 12.6. The summed E-state index contributed by atoms with van der Waals surface area (Å²) in [5.41, 5.74) is 6.77. The molecule has 1 atom stereocenters. The number of rotatable bonds is 2. The Morgan fingerprint density at radius 3 is 2.50 bits per heavy atom. The number of nitrogens with one attached hydrogen (secondary N) is 1. The molecule has 2 aromatic rings. The highest BCUT2D eigenvalue weighted by atomic mass is 15.1. The van der Waals surface area contributed by atoms with Crippen molar-refractivity contribution in [3.05, 3.63) is 24.3 Å². The second-order valence-corrected chi connectivity index (χ2v) is 5.68. The molecule has 0 spiro atoms. The van der Waals surface area contributed by atoms with Gasteiger partial charge in [0.1, 0.15) is 5.82 Å². The van der Waals surface area contributed by atoms with E-state index in [2.05, 4.69) is 43.0 Å². The summed E-state index contributed by atoms with van der Waals surface area (Å²) >= 11 is 0. The standard InChI is InChI=1S/C14H20N4/c1-9(14(2,3)4)16-12-10-7-5-6-8-11(10)17-13(15)18-12/h5-9H,1-4H3,(H3,15,16,17,18). The molecule has 0 fully saturated rings. The largest absolute Gasteiger partial charge is 0.368 e. The molecule has 18 heavy (non-hydrogen) atoms. The maximum Gasteiger partial charge on any atom is 0.222 e. The van der Waals surface area contributed by atoms with Crippen LogP contribution in [0.3, 0.4) is 0 Å². The molecule has 96 valence electrons. The lowest BCUT2D eigenvalue weighted by molar-refractivity contribution is 0.359. The second kappa shape index (κ2) is 4.44. The third-order valence-electron chi connectivity index (χ3n) is 3.27. The summed E-state index contributed by atoms with van der Waals surface area (Å²) in [5.74, 6) is 1.11. The van der Waals surface area contributed by atoms with Crippen molar-refractivity contribution in [2.45, 2.75) is 33.7 Å². The number of aromatic nitrogens is 2. The Hall–Kier alpha value is -1.84. The maximum absolute atomic E-state index is 5.75. The monoisotopic (exact) mass is 244 g/mol. The Balaban J connectivity index is 2.44. The summed E-state index contributed by atoms with van der Waals surface area (Å²) in [6.45, 7) is 8.72. The van der Waals surface area contributed by atoms with Gasteiger partial charge in [0.2, 0.25) is 5.95 Å². The van der Waals surface area contributed by atoms with E-state index in [4.69, 9.17) is 5.73 Å². The summed E-state index contributed by atoms with van der Waals surface area (Å²) in [5, 5.41) is 4.44. The first-order valence-corrected chi connectivity index (χ1v) is 6.17. The minimum atomic E-state index is 0.154. The number of hydrogen-bond donors (Lipinski definition) is 2. The molecule has 0 bridgehead atoms. The van der Waals surface area contributed by atoms with Crippen LogP contribution in [0.4, 0.5) is 11.8 Å². The molecule has 0 aliphatic heterocycles. The molecule has 4 heteroatoms. The average molecular weight is 244 g/mol. The lowest BCUT2D eigenvalue weighted by atomic mass is 9.88. The minimum absolute atomic E-state index is 0.154. The zero-order valence-electron chi connectivity index (χ0n) is 11.4. The molecule has 1 aromatic carbocycles. The van der Waals surface area contributed by atoms with Crippen LogP contribution >= 0.6 is 0 Å². The van der Waals surface area contributed by atoms with Crippen molar-refractivity contribution in [2.24, 2.45) is 5.41 Å². The number of nitrogen functional groups attached to an aromatic ring is 1. The quantitative estimate of drug-likeness (QED) is 0.852. The smallest absolute Gasteiger partial charge is 0.222 e. The molecule has 0 radical (unpaired) electrons. The van der Waals surface area contributed by atoms with Crippen LogP contribution in [0, 0.1) is 5.41 Å². The highest BCUT2D eigenvalue weighted by molar-refractivity contribution is 5.89. The normalized spacial score (nSPS) is 13.6. The molecule has 1 heterocycles. The van der Waals surface area contributed by atoms with Crippen molar-refractivity contribution < 1.29 is 0 Å². The summed E-state index contributed by atoms with van der Waals surface area (Å²) < 4.78 is 0. The summed E-state index contributed by atoms with van der Waals surface area (Å²) in [4.78, 5) is 8.54. The molecule has 0 amide bonds. The minimum Gasteiger partial charge on any atom is -0.368 e. The number of anilines is 2.